The lowest BCUT2D eigenvalue weighted by Crippen LogP contribution is -2.38. The van der Waals surface area contributed by atoms with Crippen LogP contribution < -0.4 is 16.2 Å². The van der Waals surface area contributed by atoms with E-state index in [1.807, 2.05) is 18.9 Å². The number of nitrogen functional groups attached to an aromatic ring is 1. The molecule has 3 rings (SSSR count). The van der Waals surface area contributed by atoms with E-state index >= 15 is 0 Å². The van der Waals surface area contributed by atoms with Crippen LogP contribution in [-0.2, 0) is 4.74 Å². The first kappa shape index (κ1) is 12.9. The molecule has 106 valence electrons. The van der Waals surface area contributed by atoms with E-state index in [4.69, 9.17) is 10.5 Å². The van der Waals surface area contributed by atoms with Crippen LogP contribution in [0.25, 0.3) is 10.9 Å². The lowest BCUT2D eigenvalue weighted by Gasteiger charge is -2.27. The fourth-order valence-electron chi connectivity index (χ4n) is 2.70. The first-order chi connectivity index (χ1) is 9.56. The topological polar surface area (TPSA) is 84.2 Å². The lowest BCUT2D eigenvalue weighted by molar-refractivity contribution is 0.118. The van der Waals surface area contributed by atoms with E-state index in [0.29, 0.717) is 22.5 Å². The van der Waals surface area contributed by atoms with E-state index in [0.717, 1.165) is 13.0 Å². The van der Waals surface area contributed by atoms with Crippen molar-refractivity contribution in [3.63, 3.8) is 0 Å². The summed E-state index contributed by atoms with van der Waals surface area (Å²) in [5, 5.41) is 0.512. The third-order valence-electron chi connectivity index (χ3n) is 3.88. The van der Waals surface area contributed by atoms with Crippen molar-refractivity contribution in [2.24, 2.45) is 0 Å². The molecular formula is C14H18N4O2. The fraction of sp³-hybridized carbons (Fsp3) is 0.429. The van der Waals surface area contributed by atoms with Gasteiger partial charge in [-0.1, -0.05) is 0 Å². The molecule has 0 radical (unpaired) electrons. The number of aromatic amines is 1. The second-order valence-corrected chi connectivity index (χ2v) is 5.21. The number of hydrogen-bond donors (Lipinski definition) is 2. The fourth-order valence-corrected chi connectivity index (χ4v) is 2.70. The Hall–Kier alpha value is -2.08. The summed E-state index contributed by atoms with van der Waals surface area (Å²) >= 11 is 0. The van der Waals surface area contributed by atoms with Crippen LogP contribution in [0.1, 0.15) is 13.3 Å². The van der Waals surface area contributed by atoms with Crippen molar-refractivity contribution in [3.8, 4) is 0 Å². The number of anilines is 2. The van der Waals surface area contributed by atoms with Gasteiger partial charge in [0.1, 0.15) is 0 Å². The normalized spacial score (nSPS) is 22.3. The first-order valence-electron chi connectivity index (χ1n) is 6.70. The number of ether oxygens (including phenoxy) is 1. The van der Waals surface area contributed by atoms with Gasteiger partial charge in [-0.15, -0.1) is 0 Å². The molecule has 20 heavy (non-hydrogen) atoms. The average Bonchev–Trinajstić information content (AvgIpc) is 2.85. The molecule has 0 bridgehead atoms. The van der Waals surface area contributed by atoms with E-state index in [9.17, 15) is 4.79 Å². The summed E-state index contributed by atoms with van der Waals surface area (Å²) in [6, 6.07) is 5.39. The SMILES string of the molecule is CC1OCCC1N(C)c1nc2ccc(N)cc2c(=O)[nH]1. The number of nitrogens with two attached hydrogens (primary N) is 1. The summed E-state index contributed by atoms with van der Waals surface area (Å²) in [6.07, 6.45) is 1.06. The van der Waals surface area contributed by atoms with Gasteiger partial charge in [0.25, 0.3) is 5.56 Å². The summed E-state index contributed by atoms with van der Waals surface area (Å²) in [5.41, 5.74) is 6.74. The Kier molecular flexibility index (Phi) is 3.10. The van der Waals surface area contributed by atoms with Crippen LogP contribution >= 0.6 is 0 Å². The second-order valence-electron chi connectivity index (χ2n) is 5.21. The van der Waals surface area contributed by atoms with Crippen molar-refractivity contribution in [1.82, 2.24) is 9.97 Å². The minimum absolute atomic E-state index is 0.132. The van der Waals surface area contributed by atoms with Crippen LogP contribution in [0.4, 0.5) is 11.6 Å². The molecular weight excluding hydrogens is 256 g/mol. The zero-order valence-electron chi connectivity index (χ0n) is 11.6. The molecule has 2 unspecified atom stereocenters. The van der Waals surface area contributed by atoms with Gasteiger partial charge in [-0.25, -0.2) is 4.98 Å². The van der Waals surface area contributed by atoms with Crippen LogP contribution in [0, 0.1) is 0 Å². The number of likely N-dealkylation sites (N-methyl/N-ethyl adjacent to an activating group) is 1. The van der Waals surface area contributed by atoms with Gasteiger partial charge in [-0.05, 0) is 31.5 Å². The highest BCUT2D eigenvalue weighted by Gasteiger charge is 2.29. The predicted molar refractivity (Wildman–Crippen MR) is 79.0 cm³/mol. The number of aromatic nitrogens is 2. The molecule has 1 aromatic carbocycles. The largest absolute Gasteiger partial charge is 0.399 e. The minimum Gasteiger partial charge on any atom is -0.399 e. The van der Waals surface area contributed by atoms with Gasteiger partial charge in [-0.3, -0.25) is 9.78 Å². The quantitative estimate of drug-likeness (QED) is 0.802. The van der Waals surface area contributed by atoms with E-state index in [2.05, 4.69) is 9.97 Å². The molecule has 6 nitrogen and oxygen atoms in total. The molecule has 6 heteroatoms. The standard InChI is InChI=1S/C14H18N4O2/c1-8-12(5-6-20-8)18(2)14-16-11-4-3-9(15)7-10(11)13(19)17-14/h3-4,7-8,12H,5-6,15H2,1-2H3,(H,16,17,19). The highest BCUT2D eigenvalue weighted by atomic mass is 16.5. The molecule has 0 aliphatic carbocycles. The predicted octanol–water partition coefficient (Wildman–Crippen LogP) is 1.12. The third kappa shape index (κ3) is 2.12. The highest BCUT2D eigenvalue weighted by molar-refractivity contribution is 5.81. The monoisotopic (exact) mass is 274 g/mol. The van der Waals surface area contributed by atoms with Crippen LogP contribution in [0.2, 0.25) is 0 Å². The molecule has 0 amide bonds. The number of hydrogen-bond acceptors (Lipinski definition) is 5. The average molecular weight is 274 g/mol. The minimum atomic E-state index is -0.171. The maximum Gasteiger partial charge on any atom is 0.260 e. The lowest BCUT2D eigenvalue weighted by atomic mass is 10.1. The van der Waals surface area contributed by atoms with Gasteiger partial charge in [-0.2, -0.15) is 0 Å². The number of rotatable bonds is 2. The summed E-state index contributed by atoms with van der Waals surface area (Å²) in [7, 11) is 1.93. The Labute approximate surface area is 116 Å². The van der Waals surface area contributed by atoms with Crippen molar-refractivity contribution in [2.45, 2.75) is 25.5 Å². The van der Waals surface area contributed by atoms with Gasteiger partial charge >= 0.3 is 0 Å². The molecule has 0 spiro atoms. The Morgan fingerprint density at radius 2 is 2.30 bits per heavy atom. The van der Waals surface area contributed by atoms with E-state index in [1.165, 1.54) is 0 Å². The molecule has 3 N–H and O–H groups in total. The van der Waals surface area contributed by atoms with E-state index in [1.54, 1.807) is 18.2 Å². The third-order valence-corrected chi connectivity index (χ3v) is 3.88. The van der Waals surface area contributed by atoms with Gasteiger partial charge in [0.15, 0.2) is 0 Å². The number of nitrogens with one attached hydrogen (secondary N) is 1. The van der Waals surface area contributed by atoms with Gasteiger partial charge in [0.2, 0.25) is 5.95 Å². The van der Waals surface area contributed by atoms with Crippen molar-refractivity contribution in [1.29, 1.82) is 0 Å². The summed E-state index contributed by atoms with van der Waals surface area (Å²) in [5.74, 6) is 0.564. The summed E-state index contributed by atoms with van der Waals surface area (Å²) in [6.45, 7) is 2.78. The van der Waals surface area contributed by atoms with Crippen molar-refractivity contribution in [2.75, 3.05) is 24.3 Å². The molecule has 1 saturated heterocycles. The molecule has 1 aliphatic heterocycles. The summed E-state index contributed by atoms with van der Waals surface area (Å²) < 4.78 is 5.56. The van der Waals surface area contributed by atoms with Gasteiger partial charge < -0.3 is 15.4 Å². The molecule has 2 heterocycles. The zero-order chi connectivity index (χ0) is 14.3. The summed E-state index contributed by atoms with van der Waals surface area (Å²) in [4.78, 5) is 21.5. The van der Waals surface area contributed by atoms with Crippen molar-refractivity contribution < 1.29 is 4.74 Å². The van der Waals surface area contributed by atoms with Crippen molar-refractivity contribution in [3.05, 3.63) is 28.6 Å². The Balaban J connectivity index is 2.04. The van der Waals surface area contributed by atoms with E-state index < -0.39 is 0 Å². The number of nitrogens with zero attached hydrogens (tertiary/aromatic N) is 2. The maximum atomic E-state index is 12.1. The Morgan fingerprint density at radius 3 is 3.00 bits per heavy atom. The Morgan fingerprint density at radius 1 is 1.50 bits per heavy atom. The molecule has 1 aromatic heterocycles. The number of benzene rings is 1. The molecule has 1 fully saturated rings. The molecule has 2 atom stereocenters. The molecule has 0 saturated carbocycles. The Bertz CT molecular complexity index is 697. The first-order valence-corrected chi connectivity index (χ1v) is 6.70. The smallest absolute Gasteiger partial charge is 0.260 e. The van der Waals surface area contributed by atoms with Crippen molar-refractivity contribution >= 4 is 22.5 Å². The molecule has 2 aromatic rings. The highest BCUT2D eigenvalue weighted by Crippen LogP contribution is 2.22. The zero-order valence-corrected chi connectivity index (χ0v) is 11.6. The second kappa shape index (κ2) is 4.79. The van der Waals surface area contributed by atoms with Gasteiger partial charge in [0, 0.05) is 19.3 Å². The molecule has 1 aliphatic rings. The van der Waals surface area contributed by atoms with Crippen LogP contribution in [0.5, 0.6) is 0 Å². The van der Waals surface area contributed by atoms with Gasteiger partial charge in [0.05, 0.1) is 23.0 Å². The van der Waals surface area contributed by atoms with Crippen LogP contribution in [-0.4, -0.2) is 35.8 Å². The maximum absolute atomic E-state index is 12.1. The number of H-pyrrole nitrogens is 1. The van der Waals surface area contributed by atoms with E-state index in [-0.39, 0.29) is 17.7 Å². The van der Waals surface area contributed by atoms with Crippen LogP contribution in [0.15, 0.2) is 23.0 Å². The number of fused-ring (bicyclic) bond motifs is 1. The van der Waals surface area contributed by atoms with Crippen LogP contribution in [0.3, 0.4) is 0 Å².